The summed E-state index contributed by atoms with van der Waals surface area (Å²) in [6.45, 7) is 0. The second kappa shape index (κ2) is 2.57. The van der Waals surface area contributed by atoms with Gasteiger partial charge in [-0.15, -0.1) is 0 Å². The molecule has 0 N–H and O–H groups in total. The summed E-state index contributed by atoms with van der Waals surface area (Å²) in [6, 6.07) is 0. The zero-order valence-electron chi connectivity index (χ0n) is 7.05. The van der Waals surface area contributed by atoms with Crippen LogP contribution in [0, 0.1) is 0 Å². The van der Waals surface area contributed by atoms with Crippen LogP contribution in [-0.2, 0) is 7.05 Å². The van der Waals surface area contributed by atoms with Crippen LogP contribution in [0.4, 0.5) is 0 Å². The molecule has 0 bridgehead atoms. The molecule has 1 aromatic rings. The first-order valence-corrected chi connectivity index (χ1v) is 13.5. The van der Waals surface area contributed by atoms with Gasteiger partial charge < -0.3 is 0 Å². The Balaban J connectivity index is 2.96. The van der Waals surface area contributed by atoms with E-state index in [0.717, 1.165) is 0 Å². The molecule has 0 fully saturated rings. The number of hydrogen-bond donors (Lipinski definition) is 0. The molecule has 0 amide bonds. The van der Waals surface area contributed by atoms with Gasteiger partial charge in [0.15, 0.2) is 0 Å². The number of nitrogens with zero attached hydrogens (tertiary/aromatic N) is 2. The average molecular weight is 245 g/mol. The maximum atomic E-state index is 4.34. The molecule has 0 aliphatic carbocycles. The Labute approximate surface area is 66.1 Å². The van der Waals surface area contributed by atoms with Crippen LogP contribution < -0.4 is 3.71 Å². The average Bonchev–Trinajstić information content (AvgIpc) is 2.11. The molecule has 0 atom stereocenters. The van der Waals surface area contributed by atoms with Crippen LogP contribution in [0.2, 0.25) is 14.8 Å². The summed E-state index contributed by atoms with van der Waals surface area (Å²) >= 11 is -1.82. The first-order chi connectivity index (χ1) is 4.50. The standard InChI is InChI=1S/C4H5N2.3CH3.Sn/c1-6-3-2-5-4-6;;;;/h3-4H,1H3;3*1H3;. The van der Waals surface area contributed by atoms with E-state index in [4.69, 9.17) is 0 Å². The molecule has 2 nitrogen and oxygen atoms in total. The van der Waals surface area contributed by atoms with Crippen molar-refractivity contribution in [1.82, 2.24) is 9.55 Å². The van der Waals surface area contributed by atoms with Gasteiger partial charge in [-0.05, 0) is 0 Å². The monoisotopic (exact) mass is 246 g/mol. The topological polar surface area (TPSA) is 17.8 Å². The fourth-order valence-electron chi connectivity index (χ4n) is 0.800. The summed E-state index contributed by atoms with van der Waals surface area (Å²) in [4.78, 5) is 11.5. The summed E-state index contributed by atoms with van der Waals surface area (Å²) in [5.41, 5.74) is 0. The summed E-state index contributed by atoms with van der Waals surface area (Å²) in [6.07, 6.45) is 4.04. The van der Waals surface area contributed by atoms with Crippen molar-refractivity contribution in [2.24, 2.45) is 7.05 Å². The molecule has 0 aliphatic rings. The van der Waals surface area contributed by atoms with Crippen LogP contribution >= 0.6 is 0 Å². The predicted molar refractivity (Wildman–Crippen MR) is 46.2 cm³/mol. The quantitative estimate of drug-likeness (QED) is 0.674. The molecule has 3 heteroatoms. The van der Waals surface area contributed by atoms with Crippen molar-refractivity contribution in [1.29, 1.82) is 0 Å². The van der Waals surface area contributed by atoms with E-state index in [0.29, 0.717) is 0 Å². The van der Waals surface area contributed by atoms with Crippen LogP contribution in [-0.4, -0.2) is 27.9 Å². The molecule has 0 saturated heterocycles. The third-order valence-corrected chi connectivity index (χ3v) is 6.60. The Kier molecular flexibility index (Phi) is 2.08. The number of aromatic nitrogens is 2. The fraction of sp³-hybridized carbons (Fsp3) is 0.571. The Morgan fingerprint density at radius 3 is 2.20 bits per heavy atom. The van der Waals surface area contributed by atoms with Crippen molar-refractivity contribution in [3.8, 4) is 0 Å². The second-order valence-electron chi connectivity index (χ2n) is 3.67. The van der Waals surface area contributed by atoms with E-state index in [1.807, 2.05) is 17.9 Å². The molecule has 0 aliphatic heterocycles. The minimum atomic E-state index is -1.82. The molecule has 0 spiro atoms. The Morgan fingerprint density at radius 1 is 1.40 bits per heavy atom. The zero-order chi connectivity index (χ0) is 7.78. The molecule has 0 saturated carbocycles. The molecule has 0 unspecified atom stereocenters. The molecular weight excluding hydrogens is 231 g/mol. The van der Waals surface area contributed by atoms with E-state index >= 15 is 0 Å². The number of aryl methyl sites for hydroxylation is 1. The van der Waals surface area contributed by atoms with Gasteiger partial charge >= 0.3 is 66.0 Å². The molecule has 1 rings (SSSR count). The van der Waals surface area contributed by atoms with Crippen molar-refractivity contribution in [2.75, 3.05) is 0 Å². The van der Waals surface area contributed by atoms with Crippen molar-refractivity contribution in [3.63, 3.8) is 0 Å². The Morgan fingerprint density at radius 2 is 2.00 bits per heavy atom. The number of imidazole rings is 1. The Hall–Kier alpha value is 0.00870. The summed E-state index contributed by atoms with van der Waals surface area (Å²) in [5, 5.41) is 0. The first-order valence-electron chi connectivity index (χ1n) is 3.48. The summed E-state index contributed by atoms with van der Waals surface area (Å²) in [7, 11) is 2.02. The summed E-state index contributed by atoms with van der Waals surface area (Å²) < 4.78 is 3.38. The van der Waals surface area contributed by atoms with Crippen LogP contribution in [0.5, 0.6) is 0 Å². The number of rotatable bonds is 1. The predicted octanol–water partition coefficient (Wildman–Crippen LogP) is 0.965. The van der Waals surface area contributed by atoms with Gasteiger partial charge in [-0.1, -0.05) is 0 Å². The molecule has 1 heterocycles. The van der Waals surface area contributed by atoms with E-state index in [9.17, 15) is 0 Å². The van der Waals surface area contributed by atoms with Gasteiger partial charge in [-0.3, -0.25) is 0 Å². The van der Waals surface area contributed by atoms with E-state index in [1.165, 1.54) is 3.71 Å². The van der Waals surface area contributed by atoms with Crippen molar-refractivity contribution in [3.05, 3.63) is 12.5 Å². The molecule has 1 aromatic heterocycles. The van der Waals surface area contributed by atoms with Crippen LogP contribution in [0.25, 0.3) is 0 Å². The first kappa shape index (κ1) is 8.11. The van der Waals surface area contributed by atoms with Gasteiger partial charge in [0.1, 0.15) is 0 Å². The van der Waals surface area contributed by atoms with Crippen molar-refractivity contribution in [2.45, 2.75) is 14.8 Å². The van der Waals surface area contributed by atoms with Crippen molar-refractivity contribution < 1.29 is 0 Å². The van der Waals surface area contributed by atoms with Crippen LogP contribution in [0.1, 0.15) is 0 Å². The van der Waals surface area contributed by atoms with E-state index in [2.05, 4.69) is 26.0 Å². The van der Waals surface area contributed by atoms with Gasteiger partial charge in [0.05, 0.1) is 0 Å². The molecule has 0 aromatic carbocycles. The van der Waals surface area contributed by atoms with Gasteiger partial charge in [-0.25, -0.2) is 0 Å². The number of hydrogen-bond acceptors (Lipinski definition) is 1. The van der Waals surface area contributed by atoms with Gasteiger partial charge in [0.2, 0.25) is 0 Å². The van der Waals surface area contributed by atoms with Gasteiger partial charge in [-0.2, -0.15) is 0 Å². The van der Waals surface area contributed by atoms with E-state index < -0.39 is 18.4 Å². The fourth-order valence-corrected chi connectivity index (χ4v) is 3.76. The Bertz CT molecular complexity index is 222. The second-order valence-corrected chi connectivity index (χ2v) is 18.0. The van der Waals surface area contributed by atoms with Crippen molar-refractivity contribution >= 4 is 22.1 Å². The van der Waals surface area contributed by atoms with Gasteiger partial charge in [0.25, 0.3) is 0 Å². The SMILES string of the molecule is Cn1cn[c]([Sn]([CH3])([CH3])[CH3])c1. The molecular formula is C7H14N2Sn. The maximum absolute atomic E-state index is 4.34. The van der Waals surface area contributed by atoms with Crippen LogP contribution in [0.15, 0.2) is 12.5 Å². The normalized spacial score (nSPS) is 12.0. The van der Waals surface area contributed by atoms with E-state index in [1.54, 1.807) is 0 Å². The minimum absolute atomic E-state index is 1.36. The third-order valence-electron chi connectivity index (χ3n) is 1.47. The summed E-state index contributed by atoms with van der Waals surface area (Å²) in [5.74, 6) is 0. The van der Waals surface area contributed by atoms with Crippen LogP contribution in [0.3, 0.4) is 0 Å². The third kappa shape index (κ3) is 1.75. The van der Waals surface area contributed by atoms with Gasteiger partial charge in [0, 0.05) is 0 Å². The zero-order valence-corrected chi connectivity index (χ0v) is 9.90. The molecule has 10 heavy (non-hydrogen) atoms. The van der Waals surface area contributed by atoms with E-state index in [-0.39, 0.29) is 0 Å². The molecule has 0 radical (unpaired) electrons. The molecule has 56 valence electrons.